The highest BCUT2D eigenvalue weighted by Gasteiger charge is 2.24. The monoisotopic (exact) mass is 325 g/mol. The fourth-order valence-corrected chi connectivity index (χ4v) is 2.90. The molecule has 4 heteroatoms. The maximum absolute atomic E-state index is 12.5. The van der Waals surface area contributed by atoms with Crippen LogP contribution in [0.1, 0.15) is 28.8 Å². The van der Waals surface area contributed by atoms with E-state index in [0.29, 0.717) is 0 Å². The Labute approximate surface area is 143 Å². The number of methoxy groups -OCH3 is 1. The molecule has 0 unspecified atom stereocenters. The molecule has 126 valence electrons. The molecule has 0 aromatic heterocycles. The number of rotatable bonds is 4. The fourth-order valence-electron chi connectivity index (χ4n) is 2.90. The van der Waals surface area contributed by atoms with E-state index in [9.17, 15) is 4.79 Å². The highest BCUT2D eigenvalue weighted by molar-refractivity contribution is 5.94. The first-order valence-electron chi connectivity index (χ1n) is 8.32. The first-order valence-corrected chi connectivity index (χ1v) is 8.32. The van der Waals surface area contributed by atoms with Gasteiger partial charge in [-0.3, -0.25) is 4.79 Å². The predicted molar refractivity (Wildman–Crippen MR) is 93.7 cm³/mol. The van der Waals surface area contributed by atoms with E-state index in [1.807, 2.05) is 60.4 Å². The Morgan fingerprint density at radius 2 is 1.54 bits per heavy atom. The third-order valence-corrected chi connectivity index (χ3v) is 4.39. The topological polar surface area (TPSA) is 38.8 Å². The van der Waals surface area contributed by atoms with Crippen molar-refractivity contribution >= 4 is 5.91 Å². The zero-order chi connectivity index (χ0) is 16.9. The molecular weight excluding hydrogens is 302 g/mol. The lowest BCUT2D eigenvalue weighted by Gasteiger charge is -2.32. The van der Waals surface area contributed by atoms with Gasteiger partial charge in [0.25, 0.3) is 5.91 Å². The second kappa shape index (κ2) is 7.39. The van der Waals surface area contributed by atoms with E-state index in [1.165, 1.54) is 0 Å². The van der Waals surface area contributed by atoms with Gasteiger partial charge >= 0.3 is 0 Å². The number of likely N-dealkylation sites (tertiary alicyclic amines) is 1. The van der Waals surface area contributed by atoms with E-state index >= 15 is 0 Å². The van der Waals surface area contributed by atoms with Crippen molar-refractivity contribution in [2.75, 3.05) is 20.2 Å². The number of amides is 1. The van der Waals surface area contributed by atoms with Crippen molar-refractivity contribution in [2.24, 2.45) is 0 Å². The SMILES string of the molecule is COc1ccc(OC2CCN(C(=O)c3ccc(C)cc3)CC2)cc1. The third-order valence-electron chi connectivity index (χ3n) is 4.39. The van der Waals surface area contributed by atoms with Crippen molar-refractivity contribution in [1.82, 2.24) is 4.90 Å². The molecule has 0 N–H and O–H groups in total. The zero-order valence-corrected chi connectivity index (χ0v) is 14.2. The van der Waals surface area contributed by atoms with Crippen molar-refractivity contribution in [3.63, 3.8) is 0 Å². The quantitative estimate of drug-likeness (QED) is 0.860. The molecule has 0 spiro atoms. The maximum atomic E-state index is 12.5. The van der Waals surface area contributed by atoms with E-state index in [1.54, 1.807) is 7.11 Å². The third kappa shape index (κ3) is 3.88. The van der Waals surface area contributed by atoms with Crippen LogP contribution in [0.5, 0.6) is 11.5 Å². The van der Waals surface area contributed by atoms with Gasteiger partial charge < -0.3 is 14.4 Å². The van der Waals surface area contributed by atoms with Crippen molar-refractivity contribution in [3.8, 4) is 11.5 Å². The minimum absolute atomic E-state index is 0.109. The van der Waals surface area contributed by atoms with Crippen LogP contribution in [-0.2, 0) is 0 Å². The molecule has 1 saturated heterocycles. The van der Waals surface area contributed by atoms with E-state index < -0.39 is 0 Å². The van der Waals surface area contributed by atoms with Crippen LogP contribution in [0.2, 0.25) is 0 Å². The van der Waals surface area contributed by atoms with Gasteiger partial charge in [0.1, 0.15) is 17.6 Å². The summed E-state index contributed by atoms with van der Waals surface area (Å²) in [5, 5.41) is 0. The lowest BCUT2D eigenvalue weighted by Crippen LogP contribution is -2.41. The molecule has 1 fully saturated rings. The minimum atomic E-state index is 0.109. The number of hydrogen-bond donors (Lipinski definition) is 0. The van der Waals surface area contributed by atoms with E-state index in [-0.39, 0.29) is 12.0 Å². The van der Waals surface area contributed by atoms with Crippen LogP contribution in [0.25, 0.3) is 0 Å². The molecule has 0 radical (unpaired) electrons. The molecule has 0 atom stereocenters. The van der Waals surface area contributed by atoms with Crippen LogP contribution in [-0.4, -0.2) is 37.1 Å². The number of piperidine rings is 1. The summed E-state index contributed by atoms with van der Waals surface area (Å²) in [5.41, 5.74) is 1.92. The number of aryl methyl sites for hydroxylation is 1. The molecule has 0 bridgehead atoms. The van der Waals surface area contributed by atoms with E-state index in [2.05, 4.69) is 0 Å². The second-order valence-electron chi connectivity index (χ2n) is 6.15. The van der Waals surface area contributed by atoms with Crippen molar-refractivity contribution in [3.05, 3.63) is 59.7 Å². The Kier molecular flexibility index (Phi) is 5.04. The fraction of sp³-hybridized carbons (Fsp3) is 0.350. The van der Waals surface area contributed by atoms with Crippen molar-refractivity contribution in [2.45, 2.75) is 25.9 Å². The summed E-state index contributed by atoms with van der Waals surface area (Å²) >= 11 is 0. The van der Waals surface area contributed by atoms with Gasteiger partial charge in [0.05, 0.1) is 7.11 Å². The van der Waals surface area contributed by atoms with Gasteiger partial charge in [0, 0.05) is 31.5 Å². The zero-order valence-electron chi connectivity index (χ0n) is 14.2. The summed E-state index contributed by atoms with van der Waals surface area (Å²) in [7, 11) is 1.65. The second-order valence-corrected chi connectivity index (χ2v) is 6.15. The van der Waals surface area contributed by atoms with Crippen LogP contribution >= 0.6 is 0 Å². The summed E-state index contributed by atoms with van der Waals surface area (Å²) in [6, 6.07) is 15.4. The van der Waals surface area contributed by atoms with Crippen LogP contribution in [0.4, 0.5) is 0 Å². The normalized spacial score (nSPS) is 15.2. The van der Waals surface area contributed by atoms with Gasteiger partial charge in [-0.15, -0.1) is 0 Å². The van der Waals surface area contributed by atoms with Gasteiger partial charge in [0.2, 0.25) is 0 Å². The summed E-state index contributed by atoms with van der Waals surface area (Å²) in [6.07, 6.45) is 1.85. The first-order chi connectivity index (χ1) is 11.7. The van der Waals surface area contributed by atoms with Crippen LogP contribution in [0.3, 0.4) is 0 Å². The molecule has 3 rings (SSSR count). The Balaban J connectivity index is 1.53. The first kappa shape index (κ1) is 16.4. The largest absolute Gasteiger partial charge is 0.497 e. The van der Waals surface area contributed by atoms with Crippen molar-refractivity contribution in [1.29, 1.82) is 0 Å². The highest BCUT2D eigenvalue weighted by atomic mass is 16.5. The molecule has 2 aromatic carbocycles. The number of benzene rings is 2. The van der Waals surface area contributed by atoms with Gasteiger partial charge in [0.15, 0.2) is 0 Å². The minimum Gasteiger partial charge on any atom is -0.497 e. The molecule has 4 nitrogen and oxygen atoms in total. The summed E-state index contributed by atoms with van der Waals surface area (Å²) in [6.45, 7) is 3.48. The van der Waals surface area contributed by atoms with Crippen LogP contribution in [0, 0.1) is 6.92 Å². The molecule has 24 heavy (non-hydrogen) atoms. The Morgan fingerprint density at radius 3 is 2.12 bits per heavy atom. The van der Waals surface area contributed by atoms with Gasteiger partial charge in [-0.2, -0.15) is 0 Å². The number of hydrogen-bond acceptors (Lipinski definition) is 3. The van der Waals surface area contributed by atoms with Crippen molar-refractivity contribution < 1.29 is 14.3 Å². The van der Waals surface area contributed by atoms with Crippen LogP contribution < -0.4 is 9.47 Å². The predicted octanol–water partition coefficient (Wildman–Crippen LogP) is 3.69. The van der Waals surface area contributed by atoms with Gasteiger partial charge in [-0.25, -0.2) is 0 Å². The van der Waals surface area contributed by atoms with E-state index in [0.717, 1.165) is 48.6 Å². The molecule has 1 aliphatic heterocycles. The Bertz CT molecular complexity index is 671. The highest BCUT2D eigenvalue weighted by Crippen LogP contribution is 2.22. The molecule has 1 amide bonds. The molecule has 1 heterocycles. The number of carbonyl (C=O) groups is 1. The molecule has 0 aliphatic carbocycles. The molecule has 1 aliphatic rings. The summed E-state index contributed by atoms with van der Waals surface area (Å²) in [4.78, 5) is 14.4. The standard InChI is InChI=1S/C20H23NO3/c1-15-3-5-16(6-4-15)20(22)21-13-11-19(12-14-21)24-18-9-7-17(23-2)8-10-18/h3-10,19H,11-14H2,1-2H3. The number of ether oxygens (including phenoxy) is 2. The number of nitrogens with zero attached hydrogens (tertiary/aromatic N) is 1. The average Bonchev–Trinajstić information content (AvgIpc) is 2.63. The lowest BCUT2D eigenvalue weighted by atomic mass is 10.1. The summed E-state index contributed by atoms with van der Waals surface area (Å²) < 4.78 is 11.2. The van der Waals surface area contributed by atoms with Crippen LogP contribution in [0.15, 0.2) is 48.5 Å². The Hall–Kier alpha value is -2.49. The Morgan fingerprint density at radius 1 is 0.958 bits per heavy atom. The van der Waals surface area contributed by atoms with Gasteiger partial charge in [-0.1, -0.05) is 17.7 Å². The van der Waals surface area contributed by atoms with E-state index in [4.69, 9.17) is 9.47 Å². The average molecular weight is 325 g/mol. The number of carbonyl (C=O) groups excluding carboxylic acids is 1. The maximum Gasteiger partial charge on any atom is 0.253 e. The molecule has 0 saturated carbocycles. The lowest BCUT2D eigenvalue weighted by molar-refractivity contribution is 0.0595. The summed E-state index contributed by atoms with van der Waals surface area (Å²) in [5.74, 6) is 1.78. The smallest absolute Gasteiger partial charge is 0.253 e. The molecule has 2 aromatic rings. The van der Waals surface area contributed by atoms with Gasteiger partial charge in [-0.05, 0) is 43.3 Å². The molecular formula is C20H23NO3.